The van der Waals surface area contributed by atoms with Crippen LogP contribution in [-0.2, 0) is 17.9 Å². The zero-order valence-electron chi connectivity index (χ0n) is 24.9. The van der Waals surface area contributed by atoms with Crippen LogP contribution in [0.2, 0.25) is 0 Å². The van der Waals surface area contributed by atoms with Crippen LogP contribution >= 0.6 is 27.7 Å². The number of rotatable bonds is 10. The van der Waals surface area contributed by atoms with Crippen molar-refractivity contribution in [3.63, 3.8) is 0 Å². The molecule has 0 unspecified atom stereocenters. The van der Waals surface area contributed by atoms with Gasteiger partial charge in [0.05, 0.1) is 29.3 Å². The maximum atomic E-state index is 13.8. The quantitative estimate of drug-likeness (QED) is 0.147. The number of carbonyl (C=O) groups excluding carboxylic acids is 1. The first kappa shape index (κ1) is 31.1. The number of thioether (sulfide) groups is 1. The lowest BCUT2D eigenvalue weighted by Gasteiger charge is -2.16. The minimum Gasteiger partial charge on any atom is -0.490 e. The molecule has 0 bridgehead atoms. The Morgan fingerprint density at radius 1 is 0.913 bits per heavy atom. The van der Waals surface area contributed by atoms with Crippen LogP contribution in [0.4, 0.5) is 5.69 Å². The Balaban J connectivity index is 1.30. The van der Waals surface area contributed by atoms with E-state index in [2.05, 4.69) is 40.2 Å². The lowest BCUT2D eigenvalue weighted by molar-refractivity contribution is -0.122. The second kappa shape index (κ2) is 14.1. The van der Waals surface area contributed by atoms with E-state index in [9.17, 15) is 14.7 Å². The van der Waals surface area contributed by atoms with E-state index in [1.165, 1.54) is 23.9 Å². The van der Waals surface area contributed by atoms with Gasteiger partial charge >= 0.3 is 5.97 Å². The Kier molecular flexibility index (Phi) is 9.51. The normalized spacial score (nSPS) is 14.7. The molecule has 230 valence electrons. The van der Waals surface area contributed by atoms with Crippen molar-refractivity contribution in [3.8, 4) is 11.5 Å². The summed E-state index contributed by atoms with van der Waals surface area (Å²) in [6.45, 7) is 2.96. The van der Waals surface area contributed by atoms with Crippen LogP contribution < -0.4 is 9.47 Å². The van der Waals surface area contributed by atoms with Gasteiger partial charge in [0.2, 0.25) is 0 Å². The smallest absolute Gasteiger partial charge is 0.335 e. The highest BCUT2D eigenvalue weighted by atomic mass is 79.9. The van der Waals surface area contributed by atoms with E-state index in [1.54, 1.807) is 17.0 Å². The highest BCUT2D eigenvalue weighted by Gasteiger charge is 2.34. The number of aliphatic imine (C=N–C) groups is 1. The van der Waals surface area contributed by atoms with Crippen LogP contribution in [-0.4, -0.2) is 33.7 Å². The van der Waals surface area contributed by atoms with Gasteiger partial charge in [-0.1, -0.05) is 88.7 Å². The monoisotopic (exact) mass is 692 g/mol. The Hall–Kier alpha value is -4.86. The van der Waals surface area contributed by atoms with E-state index in [0.29, 0.717) is 34.8 Å². The molecule has 0 aromatic heterocycles. The molecular formula is C37H29BrN2O5S. The molecule has 1 amide bonds. The van der Waals surface area contributed by atoms with Crippen molar-refractivity contribution < 1.29 is 24.2 Å². The Morgan fingerprint density at radius 3 is 2.39 bits per heavy atom. The first-order chi connectivity index (χ1) is 22.4. The molecule has 0 saturated carbocycles. The fraction of sp³-hybridized carbons (Fsp3) is 0.108. The summed E-state index contributed by atoms with van der Waals surface area (Å²) >= 11 is 4.97. The predicted molar refractivity (Wildman–Crippen MR) is 187 cm³/mol. The van der Waals surface area contributed by atoms with Crippen LogP contribution in [0.3, 0.4) is 0 Å². The molecule has 5 aromatic carbocycles. The average Bonchev–Trinajstić information content (AvgIpc) is 3.35. The minimum atomic E-state index is -1.00. The summed E-state index contributed by atoms with van der Waals surface area (Å²) in [6.07, 6.45) is 1.82. The number of hydrogen-bond acceptors (Lipinski definition) is 6. The summed E-state index contributed by atoms with van der Waals surface area (Å²) in [5, 5.41) is 12.1. The van der Waals surface area contributed by atoms with Gasteiger partial charge in [-0.3, -0.25) is 9.69 Å². The molecule has 9 heteroatoms. The summed E-state index contributed by atoms with van der Waals surface area (Å²) in [5.74, 6) is -0.0465. The predicted octanol–water partition coefficient (Wildman–Crippen LogP) is 9.08. The van der Waals surface area contributed by atoms with Crippen molar-refractivity contribution in [1.29, 1.82) is 0 Å². The second-order valence-electron chi connectivity index (χ2n) is 10.4. The molecule has 0 spiro atoms. The summed E-state index contributed by atoms with van der Waals surface area (Å²) in [5.41, 5.74) is 3.51. The van der Waals surface area contributed by atoms with E-state index in [-0.39, 0.29) is 18.0 Å². The maximum absolute atomic E-state index is 13.8. The topological polar surface area (TPSA) is 88.4 Å². The number of amides is 1. The van der Waals surface area contributed by atoms with Gasteiger partial charge in [0.15, 0.2) is 16.7 Å². The van der Waals surface area contributed by atoms with Crippen LogP contribution in [0.15, 0.2) is 124 Å². The molecule has 6 rings (SSSR count). The summed E-state index contributed by atoms with van der Waals surface area (Å²) in [6, 6.07) is 34.0. The fourth-order valence-corrected chi connectivity index (χ4v) is 6.46. The number of carbonyl (C=O) groups is 2. The number of ether oxygens (including phenoxy) is 2. The summed E-state index contributed by atoms with van der Waals surface area (Å²) < 4.78 is 13.0. The highest BCUT2D eigenvalue weighted by Crippen LogP contribution is 2.40. The Bertz CT molecular complexity index is 1970. The highest BCUT2D eigenvalue weighted by molar-refractivity contribution is 9.10. The molecule has 46 heavy (non-hydrogen) atoms. The van der Waals surface area contributed by atoms with Gasteiger partial charge < -0.3 is 14.6 Å². The lowest BCUT2D eigenvalue weighted by Crippen LogP contribution is -2.28. The van der Waals surface area contributed by atoms with Gasteiger partial charge in [0, 0.05) is 4.47 Å². The number of para-hydroxylation sites is 1. The minimum absolute atomic E-state index is 0.184. The molecule has 5 aromatic rings. The van der Waals surface area contributed by atoms with Gasteiger partial charge in [-0.15, -0.1) is 0 Å². The van der Waals surface area contributed by atoms with Crippen molar-refractivity contribution in [1.82, 2.24) is 4.90 Å². The lowest BCUT2D eigenvalue weighted by atomic mass is 10.1. The van der Waals surface area contributed by atoms with Crippen molar-refractivity contribution in [2.45, 2.75) is 20.1 Å². The molecule has 1 heterocycles. The summed E-state index contributed by atoms with van der Waals surface area (Å²) in [4.78, 5) is 32.0. The van der Waals surface area contributed by atoms with Crippen LogP contribution in [0.5, 0.6) is 11.5 Å². The number of amidine groups is 1. The Morgan fingerprint density at radius 2 is 1.63 bits per heavy atom. The maximum Gasteiger partial charge on any atom is 0.335 e. The zero-order valence-corrected chi connectivity index (χ0v) is 27.3. The van der Waals surface area contributed by atoms with Gasteiger partial charge in [0.1, 0.15) is 6.61 Å². The molecule has 1 N–H and O–H groups in total. The summed E-state index contributed by atoms with van der Waals surface area (Å²) in [7, 11) is 0. The van der Waals surface area contributed by atoms with Crippen molar-refractivity contribution in [2.75, 3.05) is 6.61 Å². The largest absolute Gasteiger partial charge is 0.490 e. The molecular weight excluding hydrogens is 664 g/mol. The van der Waals surface area contributed by atoms with E-state index in [0.717, 1.165) is 37.6 Å². The molecule has 7 nitrogen and oxygen atoms in total. The third-order valence-corrected chi connectivity index (χ3v) is 9.02. The number of carboxylic acids is 1. The van der Waals surface area contributed by atoms with Gasteiger partial charge in [0.25, 0.3) is 5.91 Å². The zero-order chi connectivity index (χ0) is 32.0. The van der Waals surface area contributed by atoms with E-state index < -0.39 is 5.97 Å². The van der Waals surface area contributed by atoms with Gasteiger partial charge in [-0.2, -0.15) is 0 Å². The van der Waals surface area contributed by atoms with E-state index in [1.807, 2.05) is 73.7 Å². The van der Waals surface area contributed by atoms with E-state index in [4.69, 9.17) is 14.5 Å². The number of halogens is 1. The number of carboxylic acid groups (broad SMARTS) is 1. The standard InChI is InChI=1S/C37H29BrN2O5S/c1-2-44-32-19-28(31(38)21-33(32)45-23-27-11-8-10-25-9-6-7-14-30(25)27)20-34-35(41)40(22-24-15-17-26(18-16-24)36(42)43)37(46-34)39-29-12-4-3-5-13-29/h3-21H,2,22-23H2,1H3,(H,42,43)/b34-20-,39-37?. The van der Waals surface area contributed by atoms with Gasteiger partial charge in [-0.25, -0.2) is 9.79 Å². The number of aromatic carboxylic acids is 1. The molecule has 1 fully saturated rings. The molecule has 1 aliphatic rings. The fourth-order valence-electron chi connectivity index (χ4n) is 5.04. The van der Waals surface area contributed by atoms with Gasteiger partial charge in [-0.05, 0) is 88.6 Å². The van der Waals surface area contributed by atoms with Crippen molar-refractivity contribution >= 4 is 67.3 Å². The Labute approximate surface area is 279 Å². The van der Waals surface area contributed by atoms with Crippen LogP contribution in [0, 0.1) is 0 Å². The van der Waals surface area contributed by atoms with E-state index >= 15 is 0 Å². The molecule has 1 saturated heterocycles. The van der Waals surface area contributed by atoms with Crippen LogP contribution in [0.1, 0.15) is 34.0 Å². The molecule has 0 aliphatic carbocycles. The number of hydrogen-bond donors (Lipinski definition) is 1. The SMILES string of the molecule is CCOc1cc(/C=C2\SC(=Nc3ccccc3)N(Cc3ccc(C(=O)O)cc3)C2=O)c(Br)cc1OCc1cccc2ccccc12. The number of benzene rings is 5. The molecule has 1 aliphatic heterocycles. The first-order valence-electron chi connectivity index (χ1n) is 14.6. The third-order valence-electron chi connectivity index (χ3n) is 7.32. The average molecular weight is 694 g/mol. The molecule has 0 radical (unpaired) electrons. The van der Waals surface area contributed by atoms with Crippen LogP contribution in [0.25, 0.3) is 16.8 Å². The van der Waals surface area contributed by atoms with Crippen molar-refractivity contribution in [3.05, 3.63) is 141 Å². The number of fused-ring (bicyclic) bond motifs is 1. The third kappa shape index (κ3) is 7.01. The number of nitrogens with zero attached hydrogens (tertiary/aromatic N) is 2. The second-order valence-corrected chi connectivity index (χ2v) is 12.3. The molecule has 0 atom stereocenters. The van der Waals surface area contributed by atoms with Crippen molar-refractivity contribution in [2.24, 2.45) is 4.99 Å². The first-order valence-corrected chi connectivity index (χ1v) is 16.2.